The van der Waals surface area contributed by atoms with Crippen molar-refractivity contribution >= 4 is 23.4 Å². The van der Waals surface area contributed by atoms with Crippen LogP contribution in [0.15, 0.2) is 58.9 Å². The molecule has 0 bridgehead atoms. The van der Waals surface area contributed by atoms with Crippen LogP contribution in [0.3, 0.4) is 0 Å². The Bertz CT molecular complexity index is 1960. The molecule has 2 unspecified atom stereocenters. The lowest BCUT2D eigenvalue weighted by atomic mass is 9.92. The van der Waals surface area contributed by atoms with Crippen molar-refractivity contribution in [2.24, 2.45) is 16.3 Å². The lowest BCUT2D eigenvalue weighted by Gasteiger charge is -2.31. The number of carbonyl (C=O) groups excluding carboxylic acids is 2. The van der Waals surface area contributed by atoms with Crippen LogP contribution in [0.5, 0.6) is 0 Å². The first-order valence-corrected chi connectivity index (χ1v) is 21.5. The molecule has 2 amide bonds. The van der Waals surface area contributed by atoms with Crippen molar-refractivity contribution in [2.45, 2.75) is 123 Å². The molecule has 2 heterocycles. The van der Waals surface area contributed by atoms with E-state index in [1.807, 2.05) is 52.0 Å². The van der Waals surface area contributed by atoms with Crippen molar-refractivity contribution in [1.82, 2.24) is 51.4 Å². The molecule has 2 aromatic heterocycles. The molecule has 4 aromatic rings. The molecule has 0 spiro atoms. The SMILES string of the molecule is CCCCc1nc(Cl)c(CNC(=O)COCC(=O)NCCC(CCNC(C)(C)C(C)N=O)CCNC(C)(C)C(C)N=O)n1Cc1ccc(-c2ccccc2-c2nn[nH]n2)cc1. The van der Waals surface area contributed by atoms with E-state index in [9.17, 15) is 19.4 Å². The van der Waals surface area contributed by atoms with E-state index in [-0.39, 0.29) is 37.5 Å². The average molecular weight is 864 g/mol. The van der Waals surface area contributed by atoms with Gasteiger partial charge in [-0.1, -0.05) is 83.8 Å². The quantitative estimate of drug-likeness (QED) is 0.0396. The number of aromatic nitrogens is 6. The molecular formula is C43H63ClN12O5. The Morgan fingerprint density at radius 2 is 1.44 bits per heavy atom. The third kappa shape index (κ3) is 14.9. The Hall–Kier alpha value is -4.97. The minimum Gasteiger partial charge on any atom is -0.362 e. The van der Waals surface area contributed by atoms with Gasteiger partial charge in [0.25, 0.3) is 0 Å². The number of hydrogen-bond donors (Lipinski definition) is 5. The van der Waals surface area contributed by atoms with Crippen LogP contribution in [0.1, 0.15) is 97.7 Å². The number of ether oxygens (including phenoxy) is 1. The van der Waals surface area contributed by atoms with Crippen molar-refractivity contribution in [3.05, 3.63) is 80.6 Å². The van der Waals surface area contributed by atoms with E-state index in [0.717, 1.165) is 60.2 Å². The lowest BCUT2D eigenvalue weighted by molar-refractivity contribution is -0.131. The van der Waals surface area contributed by atoms with E-state index in [1.165, 1.54) is 0 Å². The Kier molecular flexibility index (Phi) is 19.1. The highest BCUT2D eigenvalue weighted by Crippen LogP contribution is 2.30. The van der Waals surface area contributed by atoms with Gasteiger partial charge >= 0.3 is 0 Å². The van der Waals surface area contributed by atoms with Crippen LogP contribution in [0, 0.1) is 15.7 Å². The number of nitrogens with one attached hydrogen (secondary N) is 5. The molecular weight excluding hydrogens is 800 g/mol. The summed E-state index contributed by atoms with van der Waals surface area (Å²) in [5.41, 5.74) is 3.66. The highest BCUT2D eigenvalue weighted by molar-refractivity contribution is 6.30. The van der Waals surface area contributed by atoms with Crippen molar-refractivity contribution in [3.8, 4) is 22.5 Å². The molecule has 0 saturated carbocycles. The van der Waals surface area contributed by atoms with Gasteiger partial charge in [-0.2, -0.15) is 15.0 Å². The molecule has 0 fully saturated rings. The minimum atomic E-state index is -0.457. The van der Waals surface area contributed by atoms with Crippen LogP contribution in [-0.2, 0) is 33.8 Å². The lowest BCUT2D eigenvalue weighted by Crippen LogP contribution is -2.48. The van der Waals surface area contributed by atoms with Gasteiger partial charge in [0.1, 0.15) is 31.1 Å². The van der Waals surface area contributed by atoms with Crippen LogP contribution in [0.4, 0.5) is 0 Å². The number of rotatable bonds is 28. The molecule has 18 heteroatoms. The van der Waals surface area contributed by atoms with Gasteiger partial charge in [-0.25, -0.2) is 4.98 Å². The number of carbonyl (C=O) groups is 2. The number of H-pyrrole nitrogens is 1. The van der Waals surface area contributed by atoms with E-state index in [4.69, 9.17) is 16.3 Å². The molecule has 2 aromatic carbocycles. The Labute approximate surface area is 363 Å². The summed E-state index contributed by atoms with van der Waals surface area (Å²) in [4.78, 5) is 52.5. The van der Waals surface area contributed by atoms with E-state index in [2.05, 4.69) is 93.0 Å². The summed E-state index contributed by atoms with van der Waals surface area (Å²) in [6, 6.07) is 15.3. The van der Waals surface area contributed by atoms with Gasteiger partial charge < -0.3 is 30.6 Å². The molecule has 0 radical (unpaired) electrons. The largest absolute Gasteiger partial charge is 0.362 e. The number of amides is 2. The molecule has 332 valence electrons. The Balaban J connectivity index is 1.28. The van der Waals surface area contributed by atoms with Crippen LogP contribution in [0.2, 0.25) is 5.15 Å². The minimum absolute atomic E-state index is 0.136. The summed E-state index contributed by atoms with van der Waals surface area (Å²) in [6.07, 6.45) is 4.97. The summed E-state index contributed by atoms with van der Waals surface area (Å²) in [7, 11) is 0. The summed E-state index contributed by atoms with van der Waals surface area (Å²) in [5, 5.41) is 33.9. The third-order valence-corrected chi connectivity index (χ3v) is 11.7. The van der Waals surface area contributed by atoms with Gasteiger partial charge in [0.2, 0.25) is 17.6 Å². The zero-order valence-electron chi connectivity index (χ0n) is 36.6. The summed E-state index contributed by atoms with van der Waals surface area (Å²) >= 11 is 6.68. The fourth-order valence-corrected chi connectivity index (χ4v) is 6.96. The van der Waals surface area contributed by atoms with Gasteiger partial charge in [-0.15, -0.1) is 10.2 Å². The van der Waals surface area contributed by atoms with Gasteiger partial charge in [0, 0.05) is 36.2 Å². The molecule has 2 atom stereocenters. The second-order valence-electron chi connectivity index (χ2n) is 16.6. The number of aryl methyl sites for hydroxylation is 1. The van der Waals surface area contributed by atoms with Crippen molar-refractivity contribution in [2.75, 3.05) is 32.8 Å². The maximum Gasteiger partial charge on any atom is 0.246 e. The molecule has 0 aliphatic rings. The van der Waals surface area contributed by atoms with E-state index >= 15 is 0 Å². The van der Waals surface area contributed by atoms with E-state index < -0.39 is 23.2 Å². The van der Waals surface area contributed by atoms with Crippen molar-refractivity contribution in [3.63, 3.8) is 0 Å². The third-order valence-electron chi connectivity index (χ3n) is 11.4. The first kappa shape index (κ1) is 48.7. The first-order chi connectivity index (χ1) is 29.2. The number of unbranched alkanes of at least 4 members (excludes halogenated alkanes) is 1. The van der Waals surface area contributed by atoms with E-state index in [1.54, 1.807) is 13.8 Å². The maximum atomic E-state index is 12.9. The molecule has 4 rings (SSSR count). The van der Waals surface area contributed by atoms with Crippen molar-refractivity contribution < 1.29 is 14.3 Å². The monoisotopic (exact) mass is 862 g/mol. The summed E-state index contributed by atoms with van der Waals surface area (Å²) in [6.45, 7) is 15.3. The fraction of sp³-hybridized carbons (Fsp3) is 0.581. The second-order valence-corrected chi connectivity index (χ2v) is 17.0. The van der Waals surface area contributed by atoms with Gasteiger partial charge in [0.15, 0.2) is 5.15 Å². The summed E-state index contributed by atoms with van der Waals surface area (Å²) < 4.78 is 7.54. The van der Waals surface area contributed by atoms with Crippen LogP contribution in [-0.4, -0.2) is 98.0 Å². The number of aromatic amines is 1. The number of benzene rings is 2. The molecule has 61 heavy (non-hydrogen) atoms. The van der Waals surface area contributed by atoms with Gasteiger partial charge in [0.05, 0.1) is 12.2 Å². The molecule has 17 nitrogen and oxygen atoms in total. The highest BCUT2D eigenvalue weighted by Gasteiger charge is 2.28. The predicted molar refractivity (Wildman–Crippen MR) is 238 cm³/mol. The van der Waals surface area contributed by atoms with E-state index in [0.29, 0.717) is 49.3 Å². The maximum absolute atomic E-state index is 12.9. The Morgan fingerprint density at radius 1 is 0.852 bits per heavy atom. The molecule has 0 saturated heterocycles. The zero-order chi connectivity index (χ0) is 44.4. The predicted octanol–water partition coefficient (Wildman–Crippen LogP) is 6.36. The fourth-order valence-electron chi connectivity index (χ4n) is 6.69. The van der Waals surface area contributed by atoms with Crippen LogP contribution >= 0.6 is 11.6 Å². The Morgan fingerprint density at radius 3 is 2.02 bits per heavy atom. The standard InChI is InChI=1S/C43H63ClN12O5/c1-8-9-14-37-49-40(44)36(56(37)26-32-15-17-33(18-16-32)34-12-10-11-13-35(34)41-50-54-55-51-41)25-46-39(58)28-61-27-38(57)45-22-19-31(20-23-47-42(4,5)29(2)52-59)21-24-48-43(6,7)30(3)53-60/h10-13,15-18,29-31,47-48H,8-9,14,19-28H2,1-7H3,(H,45,57)(H,46,58)(H,50,51,54,55). The first-order valence-electron chi connectivity index (χ1n) is 21.1. The molecule has 0 aliphatic carbocycles. The normalized spacial score (nSPS) is 13.4. The number of hydrogen-bond acceptors (Lipinski definition) is 13. The number of imidazole rings is 1. The smallest absolute Gasteiger partial charge is 0.246 e. The highest BCUT2D eigenvalue weighted by atomic mass is 35.5. The second kappa shape index (κ2) is 23.9. The number of halogens is 1. The van der Waals surface area contributed by atoms with Crippen LogP contribution in [0.25, 0.3) is 22.5 Å². The van der Waals surface area contributed by atoms with Crippen molar-refractivity contribution in [1.29, 1.82) is 0 Å². The van der Waals surface area contributed by atoms with Crippen LogP contribution < -0.4 is 21.3 Å². The zero-order valence-corrected chi connectivity index (χ0v) is 37.3. The number of nitroso groups, excluding NO2 is 2. The number of nitrogens with zero attached hydrogens (tertiary/aromatic N) is 7. The average Bonchev–Trinajstić information content (AvgIpc) is 3.89. The molecule has 5 N–H and O–H groups in total. The molecule has 0 aliphatic heterocycles. The topological polar surface area (TPSA) is 223 Å². The van der Waals surface area contributed by atoms with Gasteiger partial charge in [-0.05, 0) is 108 Å². The van der Waals surface area contributed by atoms with Gasteiger partial charge in [-0.3, -0.25) is 9.59 Å². The summed E-state index contributed by atoms with van der Waals surface area (Å²) in [5.74, 6) is 0.873. The number of tetrazole rings is 1.